The molecule has 3 N–H and O–H groups in total. The smallest absolute Gasteiger partial charge is 0.251 e. The Morgan fingerprint density at radius 2 is 2.00 bits per heavy atom. The van der Waals surface area contributed by atoms with Gasteiger partial charge in [0.25, 0.3) is 5.91 Å². The first-order valence-electron chi connectivity index (χ1n) is 8.11. The van der Waals surface area contributed by atoms with Gasteiger partial charge in [0.2, 0.25) is 10.0 Å². The average Bonchev–Trinajstić information content (AvgIpc) is 3.28. The fraction of sp³-hybridized carbons (Fsp3) is 0.375. The van der Waals surface area contributed by atoms with Crippen molar-refractivity contribution < 1.29 is 13.2 Å². The van der Waals surface area contributed by atoms with E-state index in [-0.39, 0.29) is 22.1 Å². The third kappa shape index (κ3) is 3.99. The second kappa shape index (κ2) is 7.24. The van der Waals surface area contributed by atoms with Gasteiger partial charge in [-0.3, -0.25) is 4.79 Å². The number of hydrogen-bond acceptors (Lipinski definition) is 5. The summed E-state index contributed by atoms with van der Waals surface area (Å²) >= 11 is 0. The quantitative estimate of drug-likeness (QED) is 0.733. The SMILES string of the molecule is Nc1cc(C(=O)NCCn2ccnc2)cc(S(=O)(=O)N2CCCC2)c1. The molecule has 3 rings (SSSR count). The largest absolute Gasteiger partial charge is 0.399 e. The third-order valence-corrected chi connectivity index (χ3v) is 5.99. The number of rotatable bonds is 6. The lowest BCUT2D eigenvalue weighted by molar-refractivity contribution is 0.0952. The second-order valence-electron chi connectivity index (χ2n) is 5.96. The standard InChI is InChI=1S/C16H21N5O3S/c17-14-9-13(16(22)19-4-8-20-7-3-18-12-20)10-15(11-14)25(23,24)21-5-1-2-6-21/h3,7,9-12H,1-2,4-6,8,17H2,(H,19,22). The van der Waals surface area contributed by atoms with Crippen LogP contribution in [0.5, 0.6) is 0 Å². The molecule has 1 fully saturated rings. The van der Waals surface area contributed by atoms with Crippen LogP contribution in [0.15, 0.2) is 41.8 Å². The van der Waals surface area contributed by atoms with Gasteiger partial charge in [-0.25, -0.2) is 13.4 Å². The predicted octanol–water partition coefficient (Wildman–Crippen LogP) is 0.680. The van der Waals surface area contributed by atoms with Crippen molar-refractivity contribution in [2.24, 2.45) is 0 Å². The van der Waals surface area contributed by atoms with Gasteiger partial charge in [-0.2, -0.15) is 4.31 Å². The van der Waals surface area contributed by atoms with Gasteiger partial charge < -0.3 is 15.6 Å². The van der Waals surface area contributed by atoms with Crippen LogP contribution in [0, 0.1) is 0 Å². The summed E-state index contributed by atoms with van der Waals surface area (Å²) in [6, 6.07) is 4.27. The van der Waals surface area contributed by atoms with Crippen molar-refractivity contribution in [2.45, 2.75) is 24.3 Å². The van der Waals surface area contributed by atoms with Gasteiger partial charge in [0.1, 0.15) is 0 Å². The number of nitrogen functional groups attached to an aromatic ring is 1. The summed E-state index contributed by atoms with van der Waals surface area (Å²) in [7, 11) is -3.61. The van der Waals surface area contributed by atoms with Gasteiger partial charge in [0, 0.05) is 49.8 Å². The minimum Gasteiger partial charge on any atom is -0.399 e. The second-order valence-corrected chi connectivity index (χ2v) is 7.90. The summed E-state index contributed by atoms with van der Waals surface area (Å²) < 4.78 is 28.6. The number of hydrogen-bond donors (Lipinski definition) is 2. The zero-order valence-corrected chi connectivity index (χ0v) is 14.6. The third-order valence-electron chi connectivity index (χ3n) is 4.11. The molecule has 1 amide bonds. The highest BCUT2D eigenvalue weighted by molar-refractivity contribution is 7.89. The Labute approximate surface area is 146 Å². The number of carbonyl (C=O) groups is 1. The number of anilines is 1. The minimum absolute atomic E-state index is 0.0640. The molecular weight excluding hydrogens is 342 g/mol. The summed E-state index contributed by atoms with van der Waals surface area (Å²) in [6.45, 7) is 1.98. The van der Waals surface area contributed by atoms with E-state index in [4.69, 9.17) is 5.73 Å². The van der Waals surface area contributed by atoms with Crippen molar-refractivity contribution in [3.63, 3.8) is 0 Å². The number of benzene rings is 1. The zero-order valence-electron chi connectivity index (χ0n) is 13.8. The summed E-state index contributed by atoms with van der Waals surface area (Å²) in [5.74, 6) is -0.356. The van der Waals surface area contributed by atoms with Crippen molar-refractivity contribution >= 4 is 21.6 Å². The van der Waals surface area contributed by atoms with Crippen LogP contribution in [0.2, 0.25) is 0 Å². The lowest BCUT2D eigenvalue weighted by Crippen LogP contribution is -2.29. The first kappa shape index (κ1) is 17.4. The summed E-state index contributed by atoms with van der Waals surface area (Å²) in [4.78, 5) is 16.3. The number of sulfonamides is 1. The highest BCUT2D eigenvalue weighted by Gasteiger charge is 2.28. The van der Waals surface area contributed by atoms with Crippen LogP contribution in [0.3, 0.4) is 0 Å². The molecule has 25 heavy (non-hydrogen) atoms. The normalized spacial score (nSPS) is 15.4. The molecule has 2 heterocycles. The van der Waals surface area contributed by atoms with Gasteiger partial charge in [-0.1, -0.05) is 0 Å². The lowest BCUT2D eigenvalue weighted by Gasteiger charge is -2.16. The lowest BCUT2D eigenvalue weighted by atomic mass is 10.2. The number of imidazole rings is 1. The van der Waals surface area contributed by atoms with E-state index in [0.717, 1.165) is 12.8 Å². The highest BCUT2D eigenvalue weighted by atomic mass is 32.2. The van der Waals surface area contributed by atoms with Crippen molar-refractivity contribution in [1.29, 1.82) is 0 Å². The van der Waals surface area contributed by atoms with Crippen LogP contribution in [-0.2, 0) is 16.6 Å². The monoisotopic (exact) mass is 363 g/mol. The van der Waals surface area contributed by atoms with E-state index in [2.05, 4.69) is 10.3 Å². The van der Waals surface area contributed by atoms with E-state index >= 15 is 0 Å². The van der Waals surface area contributed by atoms with E-state index < -0.39 is 10.0 Å². The molecule has 0 spiro atoms. The van der Waals surface area contributed by atoms with E-state index in [0.29, 0.717) is 26.2 Å². The van der Waals surface area contributed by atoms with E-state index in [9.17, 15) is 13.2 Å². The van der Waals surface area contributed by atoms with Crippen molar-refractivity contribution in [3.05, 3.63) is 42.5 Å². The Morgan fingerprint density at radius 1 is 1.24 bits per heavy atom. The number of nitrogens with two attached hydrogens (primary N) is 1. The molecule has 2 aromatic rings. The van der Waals surface area contributed by atoms with Crippen molar-refractivity contribution in [3.8, 4) is 0 Å². The number of aromatic nitrogens is 2. The minimum atomic E-state index is -3.61. The Hall–Kier alpha value is -2.39. The molecule has 0 bridgehead atoms. The summed E-state index contributed by atoms with van der Waals surface area (Å²) in [6.07, 6.45) is 6.82. The number of amides is 1. The molecular formula is C16H21N5O3S. The van der Waals surface area contributed by atoms with Crippen LogP contribution in [0.4, 0.5) is 5.69 Å². The van der Waals surface area contributed by atoms with Crippen molar-refractivity contribution in [2.75, 3.05) is 25.4 Å². The van der Waals surface area contributed by atoms with Gasteiger partial charge in [-0.05, 0) is 31.0 Å². The molecule has 9 heteroatoms. The van der Waals surface area contributed by atoms with Gasteiger partial charge >= 0.3 is 0 Å². The maximum absolute atomic E-state index is 12.7. The first-order valence-corrected chi connectivity index (χ1v) is 9.55. The van der Waals surface area contributed by atoms with Crippen LogP contribution in [0.25, 0.3) is 0 Å². The molecule has 0 unspecified atom stereocenters. The fourth-order valence-corrected chi connectivity index (χ4v) is 4.40. The van der Waals surface area contributed by atoms with Gasteiger partial charge in [0.15, 0.2) is 0 Å². The van der Waals surface area contributed by atoms with Crippen molar-refractivity contribution in [1.82, 2.24) is 19.2 Å². The maximum atomic E-state index is 12.7. The maximum Gasteiger partial charge on any atom is 0.251 e. The first-order chi connectivity index (χ1) is 12.0. The predicted molar refractivity (Wildman–Crippen MR) is 93.4 cm³/mol. The number of nitrogens with zero attached hydrogens (tertiary/aromatic N) is 3. The van der Waals surface area contributed by atoms with Crippen LogP contribution in [-0.4, -0.2) is 47.8 Å². The Balaban J connectivity index is 1.73. The number of carbonyl (C=O) groups excluding carboxylic acids is 1. The van der Waals surface area contributed by atoms with Crippen LogP contribution in [0.1, 0.15) is 23.2 Å². The molecule has 0 radical (unpaired) electrons. The summed E-state index contributed by atoms with van der Waals surface area (Å²) in [5.41, 5.74) is 6.31. The van der Waals surface area contributed by atoms with Gasteiger partial charge in [-0.15, -0.1) is 0 Å². The van der Waals surface area contributed by atoms with Crippen LogP contribution < -0.4 is 11.1 Å². The molecule has 134 valence electrons. The van der Waals surface area contributed by atoms with E-state index in [1.807, 2.05) is 4.57 Å². The molecule has 1 aromatic heterocycles. The Bertz CT molecular complexity index is 843. The molecule has 1 aliphatic rings. The van der Waals surface area contributed by atoms with Crippen LogP contribution >= 0.6 is 0 Å². The number of nitrogens with one attached hydrogen (secondary N) is 1. The molecule has 0 aliphatic carbocycles. The molecule has 0 saturated carbocycles. The molecule has 0 atom stereocenters. The zero-order chi connectivity index (χ0) is 17.9. The van der Waals surface area contributed by atoms with Gasteiger partial charge in [0.05, 0.1) is 11.2 Å². The molecule has 1 aromatic carbocycles. The van der Waals surface area contributed by atoms with E-state index in [1.54, 1.807) is 18.7 Å². The summed E-state index contributed by atoms with van der Waals surface area (Å²) in [5, 5.41) is 2.76. The Kier molecular flexibility index (Phi) is 5.05. The fourth-order valence-electron chi connectivity index (χ4n) is 2.80. The molecule has 1 aliphatic heterocycles. The Morgan fingerprint density at radius 3 is 2.68 bits per heavy atom. The highest BCUT2D eigenvalue weighted by Crippen LogP contribution is 2.23. The molecule has 1 saturated heterocycles. The molecule has 8 nitrogen and oxygen atoms in total. The average molecular weight is 363 g/mol. The van der Waals surface area contributed by atoms with E-state index in [1.165, 1.54) is 22.5 Å². The topological polar surface area (TPSA) is 110 Å².